The summed E-state index contributed by atoms with van der Waals surface area (Å²) in [5.41, 5.74) is -0.505. The van der Waals surface area contributed by atoms with Crippen LogP contribution in [0.4, 0.5) is 0 Å². The lowest BCUT2D eigenvalue weighted by atomic mass is 9.88. The monoisotopic (exact) mass is 476 g/mol. The summed E-state index contributed by atoms with van der Waals surface area (Å²) in [6.45, 7) is 0.285. The van der Waals surface area contributed by atoms with Crippen LogP contribution < -0.4 is 0 Å². The van der Waals surface area contributed by atoms with E-state index in [-0.39, 0.29) is 5.75 Å². The summed E-state index contributed by atoms with van der Waals surface area (Å²) in [4.78, 5) is 24.3. The highest BCUT2D eigenvalue weighted by Gasteiger charge is 2.49. The predicted octanol–water partition coefficient (Wildman–Crippen LogP) is 0.491. The number of rotatable bonds is 6. The molecule has 1 aliphatic rings. The molecule has 2 aromatic carbocycles. The van der Waals surface area contributed by atoms with E-state index in [1.54, 1.807) is 0 Å². The van der Waals surface area contributed by atoms with Crippen molar-refractivity contribution in [2.24, 2.45) is 0 Å². The number of phenolic OH excluding ortho intramolecular Hbond substituents is 4. The van der Waals surface area contributed by atoms with Gasteiger partial charge in [-0.2, -0.15) is 0 Å². The van der Waals surface area contributed by atoms with Gasteiger partial charge in [-0.05, 0) is 30.7 Å². The number of carbonyl (C=O) groups is 2. The predicted molar refractivity (Wildman–Crippen MR) is 115 cm³/mol. The van der Waals surface area contributed by atoms with Gasteiger partial charge >= 0.3 is 5.97 Å². The van der Waals surface area contributed by atoms with Crippen LogP contribution in [0.1, 0.15) is 34.5 Å². The van der Waals surface area contributed by atoms with E-state index in [1.807, 2.05) is 0 Å². The van der Waals surface area contributed by atoms with Crippen LogP contribution in [0.5, 0.6) is 23.0 Å². The molecular weight excluding hydrogens is 452 g/mol. The summed E-state index contributed by atoms with van der Waals surface area (Å²) >= 11 is 0. The molecule has 182 valence electrons. The number of esters is 1. The molecule has 0 saturated carbocycles. The molecule has 0 aromatic heterocycles. The zero-order chi connectivity index (χ0) is 25.2. The van der Waals surface area contributed by atoms with Gasteiger partial charge in [0.15, 0.2) is 11.9 Å². The molecule has 11 nitrogen and oxygen atoms in total. The SMILES string of the molecule is CC(=O)c1c(O)cc(O)c([C@@H]2O[C@H](CO)[C@@H](O)[C@H](O)[C@H]2OC(=O)C=Cc2ccc(O)cc2)c1O. The van der Waals surface area contributed by atoms with Gasteiger partial charge in [-0.1, -0.05) is 12.1 Å². The van der Waals surface area contributed by atoms with Crippen molar-refractivity contribution in [1.29, 1.82) is 0 Å². The first-order valence-corrected chi connectivity index (χ1v) is 10.1. The molecule has 1 aliphatic heterocycles. The summed E-state index contributed by atoms with van der Waals surface area (Å²) in [5, 5.41) is 70.6. The normalized spacial score (nSPS) is 24.8. The maximum absolute atomic E-state index is 12.5. The topological polar surface area (TPSA) is 194 Å². The Morgan fingerprint density at radius 1 is 1.03 bits per heavy atom. The van der Waals surface area contributed by atoms with Crippen LogP contribution in [0.3, 0.4) is 0 Å². The van der Waals surface area contributed by atoms with Crippen molar-refractivity contribution < 1.29 is 54.8 Å². The number of ether oxygens (including phenoxy) is 2. The van der Waals surface area contributed by atoms with E-state index in [0.717, 1.165) is 19.1 Å². The molecule has 0 amide bonds. The number of hydrogen-bond acceptors (Lipinski definition) is 11. The maximum atomic E-state index is 12.5. The number of hydrogen-bond donors (Lipinski definition) is 7. The van der Waals surface area contributed by atoms with E-state index in [1.165, 1.54) is 30.3 Å². The van der Waals surface area contributed by atoms with Crippen LogP contribution >= 0.6 is 0 Å². The zero-order valence-corrected chi connectivity index (χ0v) is 17.9. The standard InChI is InChI=1S/C23H24O11/c1-10(25)17-13(27)8-14(28)18(20(17)31)22-23(21(32)19(30)15(9-24)33-22)34-16(29)7-4-11-2-5-12(26)6-3-11/h2-8,15,19,21-24,26-28,30-32H,9H2,1H3/t15-,19-,21+,22+,23-/m1/s1. The molecule has 0 bridgehead atoms. The first-order valence-electron chi connectivity index (χ1n) is 10.1. The van der Waals surface area contributed by atoms with Gasteiger partial charge in [0.25, 0.3) is 0 Å². The molecule has 3 rings (SSSR count). The molecule has 0 spiro atoms. The number of Topliss-reactive ketones (excluding diaryl/α,β-unsaturated/α-hetero) is 1. The van der Waals surface area contributed by atoms with Gasteiger partial charge in [0.05, 0.1) is 12.2 Å². The number of benzene rings is 2. The van der Waals surface area contributed by atoms with Gasteiger partial charge in [0, 0.05) is 12.1 Å². The van der Waals surface area contributed by atoms with E-state index < -0.39 is 77.3 Å². The van der Waals surface area contributed by atoms with Crippen LogP contribution in [-0.4, -0.2) is 78.5 Å². The molecule has 1 heterocycles. The number of aliphatic hydroxyl groups is 3. The number of aromatic hydroxyl groups is 4. The molecule has 34 heavy (non-hydrogen) atoms. The number of aliphatic hydroxyl groups excluding tert-OH is 3. The van der Waals surface area contributed by atoms with Gasteiger partial charge in [0.1, 0.15) is 53.0 Å². The highest BCUT2D eigenvalue weighted by Crippen LogP contribution is 2.46. The fraction of sp³-hybridized carbons (Fsp3) is 0.304. The fourth-order valence-electron chi connectivity index (χ4n) is 3.66. The molecular formula is C23H24O11. The number of phenols is 4. The first-order chi connectivity index (χ1) is 16.0. The Balaban J connectivity index is 1.98. The second kappa shape index (κ2) is 10.1. The van der Waals surface area contributed by atoms with Crippen LogP contribution in [-0.2, 0) is 14.3 Å². The average Bonchev–Trinajstić information content (AvgIpc) is 2.77. The minimum atomic E-state index is -1.82. The van der Waals surface area contributed by atoms with Crippen molar-refractivity contribution in [1.82, 2.24) is 0 Å². The quantitative estimate of drug-likeness (QED) is 0.174. The molecule has 0 radical (unpaired) electrons. The second-order valence-electron chi connectivity index (χ2n) is 7.69. The van der Waals surface area contributed by atoms with Crippen LogP contribution in [0.25, 0.3) is 6.08 Å². The maximum Gasteiger partial charge on any atom is 0.331 e. The van der Waals surface area contributed by atoms with Crippen LogP contribution in [0.2, 0.25) is 0 Å². The largest absolute Gasteiger partial charge is 0.508 e. The lowest BCUT2D eigenvalue weighted by Gasteiger charge is -2.42. The number of carbonyl (C=O) groups excluding carboxylic acids is 2. The minimum Gasteiger partial charge on any atom is -0.508 e. The third-order valence-electron chi connectivity index (χ3n) is 5.36. The van der Waals surface area contributed by atoms with Crippen molar-refractivity contribution in [2.45, 2.75) is 37.4 Å². The van der Waals surface area contributed by atoms with Gasteiger partial charge in [-0.25, -0.2) is 4.79 Å². The van der Waals surface area contributed by atoms with Crippen LogP contribution in [0, 0.1) is 0 Å². The smallest absolute Gasteiger partial charge is 0.331 e. The molecule has 0 unspecified atom stereocenters. The Kier molecular flexibility index (Phi) is 7.42. The van der Waals surface area contributed by atoms with Crippen molar-refractivity contribution >= 4 is 17.8 Å². The van der Waals surface area contributed by atoms with E-state index in [2.05, 4.69) is 0 Å². The van der Waals surface area contributed by atoms with Gasteiger partial charge in [-0.15, -0.1) is 0 Å². The van der Waals surface area contributed by atoms with E-state index in [0.29, 0.717) is 5.56 Å². The van der Waals surface area contributed by atoms with Crippen molar-refractivity contribution in [3.63, 3.8) is 0 Å². The summed E-state index contributed by atoms with van der Waals surface area (Å²) < 4.78 is 10.8. The van der Waals surface area contributed by atoms with Gasteiger partial charge < -0.3 is 45.2 Å². The summed E-state index contributed by atoms with van der Waals surface area (Å²) in [6, 6.07) is 6.60. The highest BCUT2D eigenvalue weighted by molar-refractivity contribution is 6.00. The second-order valence-corrected chi connectivity index (χ2v) is 7.69. The fourth-order valence-corrected chi connectivity index (χ4v) is 3.66. The molecule has 5 atom stereocenters. The zero-order valence-electron chi connectivity index (χ0n) is 17.9. The molecule has 11 heteroatoms. The summed E-state index contributed by atoms with van der Waals surface area (Å²) in [5.74, 6) is -4.06. The molecule has 2 aromatic rings. The van der Waals surface area contributed by atoms with E-state index >= 15 is 0 Å². The molecule has 1 fully saturated rings. The highest BCUT2D eigenvalue weighted by atomic mass is 16.6. The van der Waals surface area contributed by atoms with Crippen LogP contribution in [0.15, 0.2) is 36.4 Å². The Bertz CT molecular complexity index is 1090. The average molecular weight is 476 g/mol. The van der Waals surface area contributed by atoms with E-state index in [4.69, 9.17) is 9.47 Å². The third kappa shape index (κ3) is 4.97. The Hall–Kier alpha value is -3.64. The lowest BCUT2D eigenvalue weighted by molar-refractivity contribution is -0.240. The summed E-state index contributed by atoms with van der Waals surface area (Å²) in [6.07, 6.45) is -5.90. The summed E-state index contributed by atoms with van der Waals surface area (Å²) in [7, 11) is 0. The van der Waals surface area contributed by atoms with Gasteiger partial charge in [0.2, 0.25) is 0 Å². The third-order valence-corrected chi connectivity index (χ3v) is 5.36. The number of ketones is 1. The molecule has 0 aliphatic carbocycles. The molecule has 1 saturated heterocycles. The van der Waals surface area contributed by atoms with E-state index in [9.17, 15) is 45.3 Å². The van der Waals surface area contributed by atoms with Crippen molar-refractivity contribution in [3.05, 3.63) is 53.1 Å². The lowest BCUT2D eigenvalue weighted by Crippen LogP contribution is -2.56. The van der Waals surface area contributed by atoms with Crippen molar-refractivity contribution in [2.75, 3.05) is 6.61 Å². The Labute approximate surface area is 193 Å². The first kappa shape index (κ1) is 25.0. The van der Waals surface area contributed by atoms with Crippen molar-refractivity contribution in [3.8, 4) is 23.0 Å². The minimum absolute atomic E-state index is 0.0240. The Morgan fingerprint density at radius 3 is 2.26 bits per heavy atom. The molecule has 7 N–H and O–H groups in total. The van der Waals surface area contributed by atoms with Gasteiger partial charge in [-0.3, -0.25) is 4.79 Å². The Morgan fingerprint density at radius 2 is 1.68 bits per heavy atom.